The van der Waals surface area contributed by atoms with E-state index < -0.39 is 0 Å². The van der Waals surface area contributed by atoms with Crippen molar-refractivity contribution < 1.29 is 0 Å². The lowest BCUT2D eigenvalue weighted by atomic mass is 10.00. The largest absolute Gasteiger partial charge is 0.313 e. The first kappa shape index (κ1) is 14.3. The van der Waals surface area contributed by atoms with Crippen molar-refractivity contribution in [3.63, 3.8) is 0 Å². The molecule has 0 aliphatic carbocycles. The molecule has 1 aromatic rings. The van der Waals surface area contributed by atoms with Crippen molar-refractivity contribution in [2.75, 3.05) is 6.54 Å². The van der Waals surface area contributed by atoms with Crippen LogP contribution in [0.4, 0.5) is 0 Å². The Morgan fingerprint density at radius 1 is 1.41 bits per heavy atom. The highest BCUT2D eigenvalue weighted by molar-refractivity contribution is 6.31. The summed E-state index contributed by atoms with van der Waals surface area (Å²) in [6.45, 7) is 9.30. The van der Waals surface area contributed by atoms with E-state index in [0.717, 1.165) is 30.8 Å². The van der Waals surface area contributed by atoms with Gasteiger partial charge in [-0.1, -0.05) is 42.3 Å². The van der Waals surface area contributed by atoms with E-state index in [4.69, 9.17) is 11.6 Å². The molecule has 0 saturated heterocycles. The lowest BCUT2D eigenvalue weighted by molar-refractivity contribution is 0.504. The smallest absolute Gasteiger partial charge is 0.0438 e. The van der Waals surface area contributed by atoms with Crippen molar-refractivity contribution in [1.82, 2.24) is 5.32 Å². The van der Waals surface area contributed by atoms with Gasteiger partial charge in [0, 0.05) is 11.1 Å². The van der Waals surface area contributed by atoms with E-state index in [-0.39, 0.29) is 0 Å². The second-order valence-corrected chi connectivity index (χ2v) is 5.02. The third-order valence-electron chi connectivity index (χ3n) is 2.70. The van der Waals surface area contributed by atoms with Gasteiger partial charge >= 0.3 is 0 Å². The fraction of sp³-hybridized carbons (Fsp3) is 0.467. The van der Waals surface area contributed by atoms with E-state index in [1.165, 1.54) is 11.1 Å². The highest BCUT2D eigenvalue weighted by Gasteiger charge is 2.10. The average molecular weight is 252 g/mol. The van der Waals surface area contributed by atoms with Gasteiger partial charge in [0.1, 0.15) is 0 Å². The molecule has 0 bridgehead atoms. The number of nitrogens with one attached hydrogen (secondary N) is 1. The molecule has 0 fully saturated rings. The van der Waals surface area contributed by atoms with Crippen molar-refractivity contribution in [3.05, 3.63) is 47.0 Å². The van der Waals surface area contributed by atoms with Gasteiger partial charge in [0.2, 0.25) is 0 Å². The lowest BCUT2D eigenvalue weighted by Crippen LogP contribution is -2.32. The molecule has 1 atom stereocenters. The normalized spacial score (nSPS) is 12.4. The van der Waals surface area contributed by atoms with Crippen LogP contribution in [0.15, 0.2) is 36.4 Å². The highest BCUT2D eigenvalue weighted by atomic mass is 35.5. The van der Waals surface area contributed by atoms with Crippen molar-refractivity contribution in [2.45, 2.75) is 39.2 Å². The molecule has 1 nitrogen and oxygen atoms in total. The zero-order valence-electron chi connectivity index (χ0n) is 10.8. The molecule has 0 aromatic heterocycles. The third kappa shape index (κ3) is 5.38. The summed E-state index contributed by atoms with van der Waals surface area (Å²) in [7, 11) is 0. The number of hydrogen-bond donors (Lipinski definition) is 1. The number of halogens is 1. The third-order valence-corrected chi connectivity index (χ3v) is 3.07. The minimum absolute atomic E-state index is 0.437. The van der Waals surface area contributed by atoms with E-state index in [9.17, 15) is 0 Å². The van der Waals surface area contributed by atoms with Crippen molar-refractivity contribution >= 4 is 11.6 Å². The number of rotatable bonds is 7. The first-order valence-corrected chi connectivity index (χ1v) is 6.62. The molecular weight excluding hydrogens is 230 g/mol. The monoisotopic (exact) mass is 251 g/mol. The molecule has 1 N–H and O–H groups in total. The Hall–Kier alpha value is -0.790. The molecule has 2 heteroatoms. The van der Waals surface area contributed by atoms with Gasteiger partial charge in [0.05, 0.1) is 0 Å². The summed E-state index contributed by atoms with van der Waals surface area (Å²) in [6, 6.07) is 8.50. The lowest BCUT2D eigenvalue weighted by Gasteiger charge is -2.19. The minimum atomic E-state index is 0.437. The fourth-order valence-corrected chi connectivity index (χ4v) is 2.13. The molecule has 0 spiro atoms. The Balaban J connectivity index is 2.64. The summed E-state index contributed by atoms with van der Waals surface area (Å²) in [4.78, 5) is 0. The van der Waals surface area contributed by atoms with Gasteiger partial charge in [0.15, 0.2) is 0 Å². The Morgan fingerprint density at radius 3 is 2.71 bits per heavy atom. The molecule has 0 aliphatic rings. The Morgan fingerprint density at radius 2 is 2.12 bits per heavy atom. The van der Waals surface area contributed by atoms with Gasteiger partial charge in [0.25, 0.3) is 0 Å². The van der Waals surface area contributed by atoms with Gasteiger partial charge in [-0.2, -0.15) is 0 Å². The second-order valence-electron chi connectivity index (χ2n) is 4.61. The molecule has 0 saturated carbocycles. The van der Waals surface area contributed by atoms with Crippen LogP contribution >= 0.6 is 11.6 Å². The van der Waals surface area contributed by atoms with Gasteiger partial charge in [-0.15, -0.1) is 6.58 Å². The summed E-state index contributed by atoms with van der Waals surface area (Å²) < 4.78 is 0. The maximum atomic E-state index is 6.19. The second kappa shape index (κ2) is 7.52. The summed E-state index contributed by atoms with van der Waals surface area (Å²) in [5.74, 6) is 0. The van der Waals surface area contributed by atoms with Crippen LogP contribution in [0.3, 0.4) is 0 Å². The standard InChI is InChI=1S/C15H22ClN/c1-4-9-17-14(10-12(2)3)11-13-7-5-6-8-15(13)16/h5-8,14,17H,2,4,9-11H2,1,3H3. The minimum Gasteiger partial charge on any atom is -0.313 e. The van der Waals surface area contributed by atoms with Crippen LogP contribution in [-0.2, 0) is 6.42 Å². The van der Waals surface area contributed by atoms with Crippen LogP contribution < -0.4 is 5.32 Å². The first-order valence-electron chi connectivity index (χ1n) is 6.24. The molecule has 1 unspecified atom stereocenters. The Bertz CT molecular complexity index is 360. The predicted molar refractivity (Wildman–Crippen MR) is 76.7 cm³/mol. The predicted octanol–water partition coefficient (Wildman–Crippen LogP) is 4.22. The SMILES string of the molecule is C=C(C)CC(Cc1ccccc1Cl)NCCC. The molecule has 94 valence electrons. The average Bonchev–Trinajstić information content (AvgIpc) is 2.28. The molecule has 0 amide bonds. The highest BCUT2D eigenvalue weighted by Crippen LogP contribution is 2.18. The van der Waals surface area contributed by atoms with E-state index in [1.54, 1.807) is 0 Å². The molecule has 1 rings (SSSR count). The topological polar surface area (TPSA) is 12.0 Å². The number of hydrogen-bond acceptors (Lipinski definition) is 1. The molecule has 17 heavy (non-hydrogen) atoms. The van der Waals surface area contributed by atoms with Crippen molar-refractivity contribution in [2.24, 2.45) is 0 Å². The van der Waals surface area contributed by atoms with Gasteiger partial charge in [-0.05, 0) is 44.4 Å². The molecule has 0 radical (unpaired) electrons. The maximum absolute atomic E-state index is 6.19. The van der Waals surface area contributed by atoms with Crippen molar-refractivity contribution in [3.8, 4) is 0 Å². The van der Waals surface area contributed by atoms with E-state index in [2.05, 4.69) is 31.8 Å². The molecule has 0 aliphatic heterocycles. The van der Waals surface area contributed by atoms with Gasteiger partial charge < -0.3 is 5.32 Å². The quantitative estimate of drug-likeness (QED) is 0.716. The van der Waals surface area contributed by atoms with E-state index in [1.807, 2.05) is 18.2 Å². The zero-order chi connectivity index (χ0) is 12.7. The summed E-state index contributed by atoms with van der Waals surface area (Å²) in [5.41, 5.74) is 2.43. The van der Waals surface area contributed by atoms with Crippen LogP contribution in [0.5, 0.6) is 0 Å². The van der Waals surface area contributed by atoms with Crippen LogP contribution in [-0.4, -0.2) is 12.6 Å². The summed E-state index contributed by atoms with van der Waals surface area (Å²) >= 11 is 6.19. The molecule has 1 aromatic carbocycles. The van der Waals surface area contributed by atoms with Gasteiger partial charge in [-0.3, -0.25) is 0 Å². The summed E-state index contributed by atoms with van der Waals surface area (Å²) in [6.07, 6.45) is 3.12. The fourth-order valence-electron chi connectivity index (χ4n) is 1.91. The van der Waals surface area contributed by atoms with Crippen LogP contribution in [0, 0.1) is 0 Å². The van der Waals surface area contributed by atoms with Crippen LogP contribution in [0.2, 0.25) is 5.02 Å². The van der Waals surface area contributed by atoms with Gasteiger partial charge in [-0.25, -0.2) is 0 Å². The van der Waals surface area contributed by atoms with Crippen LogP contribution in [0.25, 0.3) is 0 Å². The molecular formula is C15H22ClN. The number of benzene rings is 1. The van der Waals surface area contributed by atoms with E-state index >= 15 is 0 Å². The first-order chi connectivity index (χ1) is 8.13. The maximum Gasteiger partial charge on any atom is 0.0438 e. The molecule has 0 heterocycles. The Labute approximate surface area is 110 Å². The van der Waals surface area contributed by atoms with Crippen LogP contribution in [0.1, 0.15) is 32.3 Å². The van der Waals surface area contributed by atoms with E-state index in [0.29, 0.717) is 6.04 Å². The van der Waals surface area contributed by atoms with Crippen molar-refractivity contribution in [1.29, 1.82) is 0 Å². The summed E-state index contributed by atoms with van der Waals surface area (Å²) in [5, 5.41) is 4.42. The zero-order valence-corrected chi connectivity index (χ0v) is 11.6. The Kier molecular flexibility index (Phi) is 6.31.